The number of aromatic amines is 1. The highest BCUT2D eigenvalue weighted by Crippen LogP contribution is 2.23. The minimum Gasteiger partial charge on any atom is -0.375 e. The van der Waals surface area contributed by atoms with Gasteiger partial charge in [-0.2, -0.15) is 5.10 Å². The quantitative estimate of drug-likeness (QED) is 0.582. The number of hydrogen-bond acceptors (Lipinski definition) is 5. The number of para-hydroxylation sites is 1. The molecular weight excluding hydrogens is 347 g/mol. The smallest absolute Gasteiger partial charge is 0.181 e. The van der Waals surface area contributed by atoms with Crippen molar-refractivity contribution in [3.8, 4) is 11.4 Å². The Morgan fingerprint density at radius 3 is 2.71 bits per heavy atom. The van der Waals surface area contributed by atoms with E-state index in [0.29, 0.717) is 17.5 Å². The summed E-state index contributed by atoms with van der Waals surface area (Å²) < 4.78 is 0. The fraction of sp³-hybridized carbons (Fsp3) is 0.188. The van der Waals surface area contributed by atoms with E-state index in [1.165, 1.54) is 0 Å². The van der Waals surface area contributed by atoms with Crippen LogP contribution in [0.4, 0.5) is 5.69 Å². The fourth-order valence-corrected chi connectivity index (χ4v) is 2.45. The average Bonchev–Trinajstić information content (AvgIpc) is 3.05. The van der Waals surface area contributed by atoms with E-state index < -0.39 is 0 Å². The highest BCUT2D eigenvalue weighted by Gasteiger charge is 2.16. The van der Waals surface area contributed by atoms with Gasteiger partial charge in [-0.15, -0.1) is 12.4 Å². The molecule has 2 aromatic heterocycles. The van der Waals surface area contributed by atoms with E-state index in [0.717, 1.165) is 23.5 Å². The Morgan fingerprint density at radius 1 is 1.21 bits per heavy atom. The number of rotatable bonds is 6. The van der Waals surface area contributed by atoms with Crippen LogP contribution in [-0.4, -0.2) is 26.7 Å². The predicted molar refractivity (Wildman–Crippen MR) is 98.3 cm³/mol. The highest BCUT2D eigenvalue weighted by atomic mass is 35.5. The molecule has 0 aliphatic heterocycles. The van der Waals surface area contributed by atoms with E-state index in [1.807, 2.05) is 36.4 Å². The molecule has 0 saturated heterocycles. The van der Waals surface area contributed by atoms with Crippen LogP contribution in [0.3, 0.4) is 0 Å². The summed E-state index contributed by atoms with van der Waals surface area (Å²) in [6.45, 7) is 0.543. The maximum atomic E-state index is 5.92. The molecular formula is C16H18Cl2N6. The van der Waals surface area contributed by atoms with E-state index in [9.17, 15) is 0 Å². The lowest BCUT2D eigenvalue weighted by molar-refractivity contribution is 0.663. The molecule has 3 aromatic rings. The largest absolute Gasteiger partial charge is 0.375 e. The zero-order chi connectivity index (χ0) is 16.1. The first-order valence-electron chi connectivity index (χ1n) is 7.32. The molecule has 8 heteroatoms. The maximum Gasteiger partial charge on any atom is 0.181 e. The van der Waals surface area contributed by atoms with E-state index >= 15 is 0 Å². The molecule has 0 aliphatic rings. The maximum absolute atomic E-state index is 5.92. The molecule has 3 rings (SSSR count). The van der Waals surface area contributed by atoms with Crippen molar-refractivity contribution in [1.82, 2.24) is 20.2 Å². The number of benzene rings is 1. The fourth-order valence-electron chi connectivity index (χ4n) is 2.28. The van der Waals surface area contributed by atoms with Crippen LogP contribution >= 0.6 is 24.0 Å². The monoisotopic (exact) mass is 364 g/mol. The number of hydrogen-bond donors (Lipinski definition) is 3. The van der Waals surface area contributed by atoms with Crippen molar-refractivity contribution in [3.05, 3.63) is 59.6 Å². The van der Waals surface area contributed by atoms with Crippen LogP contribution in [0.15, 0.2) is 48.7 Å². The minimum absolute atomic E-state index is 0. The third-order valence-corrected chi connectivity index (χ3v) is 3.59. The van der Waals surface area contributed by atoms with Crippen molar-refractivity contribution < 1.29 is 0 Å². The third kappa shape index (κ3) is 4.44. The number of anilines is 1. The Labute approximate surface area is 151 Å². The van der Waals surface area contributed by atoms with Gasteiger partial charge in [-0.3, -0.25) is 5.10 Å². The lowest BCUT2D eigenvalue weighted by Gasteiger charge is -2.16. The molecule has 2 heterocycles. The molecule has 4 N–H and O–H groups in total. The summed E-state index contributed by atoms with van der Waals surface area (Å²) in [4.78, 5) is 8.53. The number of halogens is 2. The molecule has 0 aliphatic carbocycles. The van der Waals surface area contributed by atoms with Crippen LogP contribution in [-0.2, 0) is 0 Å². The standard InChI is InChI=1S/C16H17ClN6.ClH/c17-14-10-11(7-9-19-14)15-21-16(23-22-15)13(6-8-18)20-12-4-2-1-3-5-12;/h1-5,7,9-10,13,20H,6,8,18H2,(H,21,22,23);1H. The van der Waals surface area contributed by atoms with Gasteiger partial charge in [-0.05, 0) is 37.2 Å². The van der Waals surface area contributed by atoms with E-state index in [1.54, 1.807) is 12.3 Å². The molecule has 1 unspecified atom stereocenters. The van der Waals surface area contributed by atoms with Crippen LogP contribution in [0.2, 0.25) is 5.15 Å². The summed E-state index contributed by atoms with van der Waals surface area (Å²) in [5.74, 6) is 1.32. The lowest BCUT2D eigenvalue weighted by atomic mass is 10.1. The zero-order valence-corrected chi connectivity index (χ0v) is 14.4. The van der Waals surface area contributed by atoms with Crippen LogP contribution < -0.4 is 11.1 Å². The summed E-state index contributed by atoms with van der Waals surface area (Å²) >= 11 is 5.92. The number of nitrogens with two attached hydrogens (primary N) is 1. The summed E-state index contributed by atoms with van der Waals surface area (Å²) in [5.41, 5.74) is 7.56. The molecule has 1 atom stereocenters. The normalized spacial score (nSPS) is 11.6. The summed E-state index contributed by atoms with van der Waals surface area (Å²) in [6.07, 6.45) is 2.37. The second-order valence-electron chi connectivity index (χ2n) is 5.05. The molecule has 0 saturated carbocycles. The van der Waals surface area contributed by atoms with Crippen molar-refractivity contribution in [2.75, 3.05) is 11.9 Å². The van der Waals surface area contributed by atoms with Gasteiger partial charge >= 0.3 is 0 Å². The Balaban J connectivity index is 0.00000208. The Bertz CT molecular complexity index is 762. The molecule has 0 amide bonds. The average molecular weight is 365 g/mol. The van der Waals surface area contributed by atoms with Crippen molar-refractivity contribution in [2.45, 2.75) is 12.5 Å². The number of aromatic nitrogens is 4. The van der Waals surface area contributed by atoms with Gasteiger partial charge in [0.05, 0.1) is 6.04 Å². The molecule has 1 aromatic carbocycles. The minimum atomic E-state index is -0.0408. The first-order chi connectivity index (χ1) is 11.3. The molecule has 0 fully saturated rings. The van der Waals surface area contributed by atoms with E-state index in [2.05, 4.69) is 25.5 Å². The van der Waals surface area contributed by atoms with Gasteiger partial charge in [-0.25, -0.2) is 9.97 Å². The first kappa shape index (κ1) is 18.2. The molecule has 24 heavy (non-hydrogen) atoms. The molecule has 0 bridgehead atoms. The van der Waals surface area contributed by atoms with Gasteiger partial charge in [0.1, 0.15) is 11.0 Å². The Morgan fingerprint density at radius 2 is 2.00 bits per heavy atom. The number of nitrogens with zero attached hydrogens (tertiary/aromatic N) is 3. The Hall–Kier alpha value is -2.15. The molecule has 0 spiro atoms. The molecule has 6 nitrogen and oxygen atoms in total. The summed E-state index contributed by atoms with van der Waals surface area (Å²) in [6, 6.07) is 13.5. The second kappa shape index (κ2) is 8.63. The van der Waals surface area contributed by atoms with Crippen molar-refractivity contribution in [3.63, 3.8) is 0 Å². The number of H-pyrrole nitrogens is 1. The molecule has 0 radical (unpaired) electrons. The number of nitrogens with one attached hydrogen (secondary N) is 2. The van der Waals surface area contributed by atoms with Crippen molar-refractivity contribution in [2.24, 2.45) is 5.73 Å². The number of pyridine rings is 1. The van der Waals surface area contributed by atoms with Crippen molar-refractivity contribution in [1.29, 1.82) is 0 Å². The summed E-state index contributed by atoms with van der Waals surface area (Å²) in [7, 11) is 0. The van der Waals surface area contributed by atoms with E-state index in [-0.39, 0.29) is 18.4 Å². The Kier molecular flexibility index (Phi) is 6.54. The van der Waals surface area contributed by atoms with Gasteiger partial charge < -0.3 is 11.1 Å². The topological polar surface area (TPSA) is 92.5 Å². The van der Waals surface area contributed by atoms with Crippen molar-refractivity contribution >= 4 is 29.7 Å². The van der Waals surface area contributed by atoms with Crippen LogP contribution in [0.25, 0.3) is 11.4 Å². The second-order valence-corrected chi connectivity index (χ2v) is 5.44. The van der Waals surface area contributed by atoms with Gasteiger partial charge in [0.2, 0.25) is 0 Å². The zero-order valence-electron chi connectivity index (χ0n) is 12.8. The predicted octanol–water partition coefficient (Wildman–Crippen LogP) is 3.44. The first-order valence-corrected chi connectivity index (χ1v) is 7.70. The summed E-state index contributed by atoms with van der Waals surface area (Å²) in [5, 5.41) is 11.1. The highest BCUT2D eigenvalue weighted by molar-refractivity contribution is 6.29. The SMILES string of the molecule is Cl.NCCC(Nc1ccccc1)c1nc(-c2ccnc(Cl)c2)n[nH]1. The van der Waals surface area contributed by atoms with Gasteiger partial charge in [0.25, 0.3) is 0 Å². The lowest BCUT2D eigenvalue weighted by Crippen LogP contribution is -2.16. The molecule has 126 valence electrons. The third-order valence-electron chi connectivity index (χ3n) is 3.39. The van der Waals surface area contributed by atoms with Gasteiger partial charge in [0.15, 0.2) is 5.82 Å². The van der Waals surface area contributed by atoms with Gasteiger partial charge in [-0.1, -0.05) is 29.8 Å². The van der Waals surface area contributed by atoms with Crippen LogP contribution in [0.1, 0.15) is 18.3 Å². The van der Waals surface area contributed by atoms with E-state index in [4.69, 9.17) is 17.3 Å². The van der Waals surface area contributed by atoms with Gasteiger partial charge in [0, 0.05) is 17.4 Å². The van der Waals surface area contributed by atoms with Crippen LogP contribution in [0, 0.1) is 0 Å². The van der Waals surface area contributed by atoms with Crippen LogP contribution in [0.5, 0.6) is 0 Å².